The molecule has 2 heterocycles. The fourth-order valence-corrected chi connectivity index (χ4v) is 6.73. The van der Waals surface area contributed by atoms with Crippen molar-refractivity contribution in [1.82, 2.24) is 0 Å². The van der Waals surface area contributed by atoms with E-state index < -0.39 is 0 Å². The molecular weight excluding hydrogens is 592 g/mol. The van der Waals surface area contributed by atoms with Crippen molar-refractivity contribution in [3.05, 3.63) is 141 Å². The molecule has 0 atom stereocenters. The van der Waals surface area contributed by atoms with Gasteiger partial charge < -0.3 is 8.83 Å². The first-order valence-electron chi connectivity index (χ1n) is 16.4. The van der Waals surface area contributed by atoms with Gasteiger partial charge in [0.15, 0.2) is 0 Å². The minimum Gasteiger partial charge on any atom is -0.456 e. The first kappa shape index (κ1) is 29.9. The molecule has 2 aromatic heterocycles. The van der Waals surface area contributed by atoms with Crippen molar-refractivity contribution in [3.8, 4) is 22.3 Å². The molecule has 0 aliphatic carbocycles. The Morgan fingerprint density at radius 1 is 0.438 bits per heavy atom. The third kappa shape index (κ3) is 4.83. The molecular formula is C44H36O4. The van der Waals surface area contributed by atoms with E-state index in [0.29, 0.717) is 43.9 Å². The zero-order valence-corrected chi connectivity index (χ0v) is 28.0. The fraction of sp³-hybridized carbons (Fsp3) is 0.182. The molecule has 8 aromatic rings. The summed E-state index contributed by atoms with van der Waals surface area (Å²) in [6, 6.07) is 35.6. The van der Waals surface area contributed by atoms with Crippen LogP contribution in [0.1, 0.15) is 52.7 Å². The molecule has 0 saturated heterocycles. The lowest BCUT2D eigenvalue weighted by Gasteiger charge is -2.24. The van der Waals surface area contributed by atoms with E-state index in [0.717, 1.165) is 33.0 Å². The van der Waals surface area contributed by atoms with Gasteiger partial charge in [-0.05, 0) is 104 Å². The summed E-state index contributed by atoms with van der Waals surface area (Å²) in [5, 5.41) is 4.39. The Morgan fingerprint density at radius 2 is 1.10 bits per heavy atom. The topological polar surface area (TPSA) is 60.4 Å². The molecule has 4 heteroatoms. The van der Waals surface area contributed by atoms with Crippen LogP contribution in [-0.2, 0) is 10.8 Å². The highest BCUT2D eigenvalue weighted by Gasteiger charge is 2.22. The lowest BCUT2D eigenvalue weighted by atomic mass is 9.81. The molecule has 0 fully saturated rings. The third-order valence-electron chi connectivity index (χ3n) is 9.58. The van der Waals surface area contributed by atoms with Crippen molar-refractivity contribution in [3.63, 3.8) is 0 Å². The van der Waals surface area contributed by atoms with E-state index in [9.17, 15) is 9.59 Å². The molecule has 0 aliphatic heterocycles. The van der Waals surface area contributed by atoms with Crippen LogP contribution in [0.3, 0.4) is 0 Å². The van der Waals surface area contributed by atoms with Crippen molar-refractivity contribution in [2.75, 3.05) is 0 Å². The molecule has 6 aromatic carbocycles. The number of rotatable bonds is 2. The molecule has 0 radical (unpaired) electrons. The van der Waals surface area contributed by atoms with Gasteiger partial charge in [0.25, 0.3) is 0 Å². The van der Waals surface area contributed by atoms with E-state index in [1.54, 1.807) is 12.1 Å². The summed E-state index contributed by atoms with van der Waals surface area (Å²) in [4.78, 5) is 27.4. The second-order valence-corrected chi connectivity index (χ2v) is 14.9. The Balaban J connectivity index is 1.37. The quantitative estimate of drug-likeness (QED) is 0.179. The summed E-state index contributed by atoms with van der Waals surface area (Å²) in [5.74, 6) is 0. The molecule has 236 valence electrons. The van der Waals surface area contributed by atoms with E-state index in [4.69, 9.17) is 8.83 Å². The molecule has 0 aliphatic rings. The molecule has 0 bridgehead atoms. The normalized spacial score (nSPS) is 12.5. The Bertz CT molecular complexity index is 2730. The van der Waals surface area contributed by atoms with Gasteiger partial charge in [-0.2, -0.15) is 0 Å². The summed E-state index contributed by atoms with van der Waals surface area (Å²) >= 11 is 0. The average Bonchev–Trinajstić information content (AvgIpc) is 3.06. The van der Waals surface area contributed by atoms with Gasteiger partial charge in [0.2, 0.25) is 10.9 Å². The minimum absolute atomic E-state index is 0.0249. The molecule has 8 rings (SSSR count). The summed E-state index contributed by atoms with van der Waals surface area (Å²) in [6.07, 6.45) is 0. The van der Waals surface area contributed by atoms with Crippen LogP contribution in [0.15, 0.2) is 128 Å². The Labute approximate surface area is 278 Å². The molecule has 0 saturated carbocycles. The summed E-state index contributed by atoms with van der Waals surface area (Å²) in [6.45, 7) is 13.3. The van der Waals surface area contributed by atoms with Crippen molar-refractivity contribution in [2.45, 2.75) is 52.4 Å². The Morgan fingerprint density at radius 3 is 1.90 bits per heavy atom. The summed E-state index contributed by atoms with van der Waals surface area (Å²) in [5.41, 5.74) is 7.96. The summed E-state index contributed by atoms with van der Waals surface area (Å²) < 4.78 is 12.8. The van der Waals surface area contributed by atoms with Gasteiger partial charge in [0.05, 0.1) is 21.5 Å². The molecule has 0 spiro atoms. The maximum Gasteiger partial charge on any atom is 0.200 e. The predicted molar refractivity (Wildman–Crippen MR) is 199 cm³/mol. The van der Waals surface area contributed by atoms with E-state index >= 15 is 0 Å². The van der Waals surface area contributed by atoms with E-state index in [2.05, 4.69) is 77.9 Å². The SMILES string of the molecule is CC(C)(C)c1cc(-c2cccc3c(=O)c4ccc(-c5ccc6oc7ccccc7c(=O)c6c5)cc4oc23)c2cc(C(C)(C)C)ccc2c1. The monoisotopic (exact) mass is 628 g/mol. The number of hydrogen-bond donors (Lipinski definition) is 0. The van der Waals surface area contributed by atoms with Gasteiger partial charge >= 0.3 is 0 Å². The van der Waals surface area contributed by atoms with Crippen LogP contribution < -0.4 is 10.9 Å². The first-order chi connectivity index (χ1) is 22.9. The maximum atomic E-state index is 14.0. The number of para-hydroxylation sites is 2. The van der Waals surface area contributed by atoms with Crippen LogP contribution in [0.2, 0.25) is 0 Å². The van der Waals surface area contributed by atoms with Gasteiger partial charge in [0, 0.05) is 5.56 Å². The van der Waals surface area contributed by atoms with Gasteiger partial charge in [-0.3, -0.25) is 9.59 Å². The van der Waals surface area contributed by atoms with Crippen molar-refractivity contribution in [2.24, 2.45) is 0 Å². The van der Waals surface area contributed by atoms with E-state index in [-0.39, 0.29) is 21.7 Å². The highest BCUT2D eigenvalue weighted by atomic mass is 16.3. The van der Waals surface area contributed by atoms with Crippen LogP contribution in [0.25, 0.3) is 76.9 Å². The second kappa shape index (κ2) is 10.5. The standard InChI is InChI=1S/C44H36O4/c1-43(2,3)28-17-14-27-20-29(44(4,5)6)24-35(34(27)23-28)30-11-9-12-33-40(45)32-18-15-26(22-39(32)48-42(30)33)25-16-19-38-36(21-25)41(46)31-10-7-8-13-37(31)47-38/h7-24H,1-6H3. The maximum absolute atomic E-state index is 14.0. The van der Waals surface area contributed by atoms with Crippen LogP contribution in [0, 0.1) is 0 Å². The Hall–Kier alpha value is -5.48. The highest BCUT2D eigenvalue weighted by molar-refractivity contribution is 6.06. The lowest BCUT2D eigenvalue weighted by Crippen LogP contribution is -2.12. The molecule has 0 unspecified atom stereocenters. The number of hydrogen-bond acceptors (Lipinski definition) is 4. The molecule has 4 nitrogen and oxygen atoms in total. The van der Waals surface area contributed by atoms with Crippen LogP contribution in [-0.4, -0.2) is 0 Å². The second-order valence-electron chi connectivity index (χ2n) is 14.9. The third-order valence-corrected chi connectivity index (χ3v) is 9.58. The highest BCUT2D eigenvalue weighted by Crippen LogP contribution is 2.40. The Kier molecular flexibility index (Phi) is 6.55. The van der Waals surface area contributed by atoms with Crippen molar-refractivity contribution in [1.29, 1.82) is 0 Å². The van der Waals surface area contributed by atoms with Crippen molar-refractivity contribution < 1.29 is 8.83 Å². The van der Waals surface area contributed by atoms with Gasteiger partial charge in [-0.15, -0.1) is 0 Å². The van der Waals surface area contributed by atoms with E-state index in [1.165, 1.54) is 11.1 Å². The minimum atomic E-state index is -0.0813. The summed E-state index contributed by atoms with van der Waals surface area (Å²) in [7, 11) is 0. The molecule has 48 heavy (non-hydrogen) atoms. The van der Waals surface area contributed by atoms with Gasteiger partial charge in [0.1, 0.15) is 22.3 Å². The number of fused-ring (bicyclic) bond motifs is 5. The van der Waals surface area contributed by atoms with Crippen LogP contribution >= 0.6 is 0 Å². The predicted octanol–water partition coefficient (Wildman–Crippen LogP) is 11.3. The zero-order chi connectivity index (χ0) is 33.5. The average molecular weight is 629 g/mol. The molecule has 0 amide bonds. The van der Waals surface area contributed by atoms with Gasteiger partial charge in [-0.25, -0.2) is 0 Å². The van der Waals surface area contributed by atoms with Gasteiger partial charge in [-0.1, -0.05) is 96.1 Å². The van der Waals surface area contributed by atoms with Crippen LogP contribution in [0.4, 0.5) is 0 Å². The number of benzene rings is 6. The van der Waals surface area contributed by atoms with E-state index in [1.807, 2.05) is 60.7 Å². The largest absolute Gasteiger partial charge is 0.456 e. The smallest absolute Gasteiger partial charge is 0.200 e. The van der Waals surface area contributed by atoms with Crippen LogP contribution in [0.5, 0.6) is 0 Å². The fourth-order valence-electron chi connectivity index (χ4n) is 6.73. The van der Waals surface area contributed by atoms with Crippen molar-refractivity contribution >= 4 is 54.6 Å². The first-order valence-corrected chi connectivity index (χ1v) is 16.4. The molecule has 0 N–H and O–H groups in total. The zero-order valence-electron chi connectivity index (χ0n) is 28.0. The lowest BCUT2D eigenvalue weighted by molar-refractivity contribution is 0.589.